The summed E-state index contributed by atoms with van der Waals surface area (Å²) < 4.78 is 4.99. The molecule has 1 aliphatic rings. The third-order valence-electron chi connectivity index (χ3n) is 1.45. The lowest BCUT2D eigenvalue weighted by Crippen LogP contribution is -2.49. The molecule has 0 saturated carbocycles. The second kappa shape index (κ2) is 2.25. The van der Waals surface area contributed by atoms with Gasteiger partial charge in [0.05, 0.1) is 24.6 Å². The SMILES string of the molecule is CSC1(CO)COC1. The van der Waals surface area contributed by atoms with Crippen molar-refractivity contribution >= 4 is 11.8 Å². The van der Waals surface area contributed by atoms with Crippen LogP contribution in [0.4, 0.5) is 0 Å². The minimum atomic E-state index is 0.0556. The first-order valence-electron chi connectivity index (χ1n) is 2.57. The van der Waals surface area contributed by atoms with Crippen LogP contribution in [0.15, 0.2) is 0 Å². The van der Waals surface area contributed by atoms with E-state index in [0.29, 0.717) is 13.2 Å². The first-order valence-corrected chi connectivity index (χ1v) is 3.79. The fraction of sp³-hybridized carbons (Fsp3) is 1.00. The second-order valence-electron chi connectivity index (χ2n) is 2.04. The quantitative estimate of drug-likeness (QED) is 0.581. The summed E-state index contributed by atoms with van der Waals surface area (Å²) >= 11 is 1.68. The number of aliphatic hydroxyl groups excluding tert-OH is 1. The van der Waals surface area contributed by atoms with Gasteiger partial charge in [-0.15, -0.1) is 0 Å². The van der Waals surface area contributed by atoms with E-state index in [9.17, 15) is 0 Å². The van der Waals surface area contributed by atoms with Gasteiger partial charge in [-0.1, -0.05) is 0 Å². The Labute approximate surface area is 53.2 Å². The van der Waals surface area contributed by atoms with Crippen LogP contribution in [0, 0.1) is 0 Å². The Morgan fingerprint density at radius 3 is 2.38 bits per heavy atom. The van der Waals surface area contributed by atoms with Crippen molar-refractivity contribution in [2.24, 2.45) is 0 Å². The van der Waals surface area contributed by atoms with Crippen molar-refractivity contribution in [1.29, 1.82) is 0 Å². The van der Waals surface area contributed by atoms with Gasteiger partial charge in [-0.05, 0) is 6.26 Å². The van der Waals surface area contributed by atoms with Crippen molar-refractivity contribution in [2.75, 3.05) is 26.1 Å². The van der Waals surface area contributed by atoms with Crippen LogP contribution in [-0.2, 0) is 4.74 Å². The van der Waals surface area contributed by atoms with E-state index in [1.807, 2.05) is 6.26 Å². The third kappa shape index (κ3) is 0.855. The second-order valence-corrected chi connectivity index (χ2v) is 3.31. The predicted octanol–water partition coefficient (Wildman–Crippen LogP) is 0.111. The molecule has 2 nitrogen and oxygen atoms in total. The summed E-state index contributed by atoms with van der Waals surface area (Å²) in [4.78, 5) is 0. The van der Waals surface area contributed by atoms with Crippen molar-refractivity contribution < 1.29 is 9.84 Å². The fourth-order valence-corrected chi connectivity index (χ4v) is 1.13. The number of thioether (sulfide) groups is 1. The summed E-state index contributed by atoms with van der Waals surface area (Å²) in [5, 5.41) is 8.74. The number of rotatable bonds is 2. The molecule has 0 bridgehead atoms. The summed E-state index contributed by atoms with van der Waals surface area (Å²) in [7, 11) is 0. The van der Waals surface area contributed by atoms with Gasteiger partial charge >= 0.3 is 0 Å². The highest BCUT2D eigenvalue weighted by molar-refractivity contribution is 8.00. The van der Waals surface area contributed by atoms with Crippen LogP contribution in [0.1, 0.15) is 0 Å². The summed E-state index contributed by atoms with van der Waals surface area (Å²) in [5.41, 5.74) is 0. The monoisotopic (exact) mass is 134 g/mol. The van der Waals surface area contributed by atoms with Gasteiger partial charge < -0.3 is 9.84 Å². The molecule has 8 heavy (non-hydrogen) atoms. The Bertz CT molecular complexity index is 67.0. The standard InChI is InChI=1S/C5H10O2S/c1-8-5(2-6)3-7-4-5/h6H,2-4H2,1H3. The largest absolute Gasteiger partial charge is 0.395 e. The highest BCUT2D eigenvalue weighted by atomic mass is 32.2. The van der Waals surface area contributed by atoms with Crippen molar-refractivity contribution in [3.8, 4) is 0 Å². The Morgan fingerprint density at radius 2 is 2.38 bits per heavy atom. The maximum Gasteiger partial charge on any atom is 0.0852 e. The molecule has 0 aromatic heterocycles. The van der Waals surface area contributed by atoms with E-state index in [-0.39, 0.29) is 11.4 Å². The van der Waals surface area contributed by atoms with Gasteiger partial charge in [0.2, 0.25) is 0 Å². The lowest BCUT2D eigenvalue weighted by molar-refractivity contribution is -0.0316. The van der Waals surface area contributed by atoms with E-state index in [1.54, 1.807) is 11.8 Å². The van der Waals surface area contributed by atoms with Gasteiger partial charge in [-0.2, -0.15) is 11.8 Å². The topological polar surface area (TPSA) is 29.5 Å². The summed E-state index contributed by atoms with van der Waals surface area (Å²) in [6.45, 7) is 1.67. The molecule has 1 aliphatic heterocycles. The van der Waals surface area contributed by atoms with Crippen LogP contribution in [-0.4, -0.2) is 35.9 Å². The number of aliphatic hydroxyl groups is 1. The van der Waals surface area contributed by atoms with Crippen LogP contribution in [0.3, 0.4) is 0 Å². The molecule has 1 N–H and O–H groups in total. The van der Waals surface area contributed by atoms with E-state index in [1.165, 1.54) is 0 Å². The third-order valence-corrected chi connectivity index (χ3v) is 2.68. The fourth-order valence-electron chi connectivity index (χ4n) is 0.603. The van der Waals surface area contributed by atoms with Crippen molar-refractivity contribution in [3.63, 3.8) is 0 Å². The van der Waals surface area contributed by atoms with E-state index >= 15 is 0 Å². The maximum atomic E-state index is 8.74. The smallest absolute Gasteiger partial charge is 0.0852 e. The molecule has 0 aromatic rings. The minimum absolute atomic E-state index is 0.0556. The Morgan fingerprint density at radius 1 is 1.75 bits per heavy atom. The highest BCUT2D eigenvalue weighted by Crippen LogP contribution is 2.29. The molecular weight excluding hydrogens is 124 g/mol. The summed E-state index contributed by atoms with van der Waals surface area (Å²) in [6.07, 6.45) is 2.00. The zero-order chi connectivity index (χ0) is 6.04. The van der Waals surface area contributed by atoms with Gasteiger partial charge in [0.25, 0.3) is 0 Å². The molecule has 1 heterocycles. The van der Waals surface area contributed by atoms with Gasteiger partial charge in [-0.3, -0.25) is 0 Å². The average Bonchev–Trinajstić information content (AvgIpc) is 1.67. The van der Waals surface area contributed by atoms with Gasteiger partial charge in [0.15, 0.2) is 0 Å². The maximum absolute atomic E-state index is 8.74. The Hall–Kier alpha value is 0.270. The van der Waals surface area contributed by atoms with Gasteiger partial charge in [-0.25, -0.2) is 0 Å². The Balaban J connectivity index is 2.33. The first kappa shape index (κ1) is 6.39. The molecule has 48 valence electrons. The van der Waals surface area contributed by atoms with Crippen LogP contribution >= 0.6 is 11.8 Å². The molecule has 0 atom stereocenters. The molecule has 0 aromatic carbocycles. The van der Waals surface area contributed by atoms with E-state index in [4.69, 9.17) is 9.84 Å². The van der Waals surface area contributed by atoms with E-state index in [2.05, 4.69) is 0 Å². The van der Waals surface area contributed by atoms with Crippen molar-refractivity contribution in [2.45, 2.75) is 4.75 Å². The molecule has 1 saturated heterocycles. The zero-order valence-corrected chi connectivity index (χ0v) is 5.70. The van der Waals surface area contributed by atoms with Gasteiger partial charge in [0, 0.05) is 0 Å². The molecule has 0 aliphatic carbocycles. The first-order chi connectivity index (χ1) is 3.83. The minimum Gasteiger partial charge on any atom is -0.395 e. The van der Waals surface area contributed by atoms with Crippen molar-refractivity contribution in [3.05, 3.63) is 0 Å². The molecular formula is C5H10O2S. The highest BCUT2D eigenvalue weighted by Gasteiger charge is 2.36. The molecule has 0 spiro atoms. The summed E-state index contributed by atoms with van der Waals surface area (Å²) in [5.74, 6) is 0. The van der Waals surface area contributed by atoms with Crippen LogP contribution in [0.2, 0.25) is 0 Å². The van der Waals surface area contributed by atoms with Crippen LogP contribution in [0.25, 0.3) is 0 Å². The summed E-state index contributed by atoms with van der Waals surface area (Å²) in [6, 6.07) is 0. The van der Waals surface area contributed by atoms with Crippen molar-refractivity contribution in [1.82, 2.24) is 0 Å². The lowest BCUT2D eigenvalue weighted by Gasteiger charge is -2.37. The van der Waals surface area contributed by atoms with Gasteiger partial charge in [0.1, 0.15) is 0 Å². The normalized spacial score (nSPS) is 24.8. The van der Waals surface area contributed by atoms with E-state index < -0.39 is 0 Å². The number of hydrogen-bond acceptors (Lipinski definition) is 3. The molecule has 3 heteroatoms. The molecule has 0 unspecified atom stereocenters. The predicted molar refractivity (Wildman–Crippen MR) is 34.2 cm³/mol. The molecule has 1 rings (SSSR count). The molecule has 0 radical (unpaired) electrons. The van der Waals surface area contributed by atoms with E-state index in [0.717, 1.165) is 0 Å². The van der Waals surface area contributed by atoms with Crippen LogP contribution < -0.4 is 0 Å². The lowest BCUT2D eigenvalue weighted by atomic mass is 10.1. The zero-order valence-electron chi connectivity index (χ0n) is 4.89. The number of ether oxygens (including phenoxy) is 1. The Kier molecular flexibility index (Phi) is 1.80. The number of hydrogen-bond donors (Lipinski definition) is 1. The average molecular weight is 134 g/mol. The molecule has 0 amide bonds. The molecule has 1 fully saturated rings. The van der Waals surface area contributed by atoms with Crippen LogP contribution in [0.5, 0.6) is 0 Å².